The second-order valence-corrected chi connectivity index (χ2v) is 5.87. The number of ether oxygens (including phenoxy) is 1. The molecule has 3 nitrogen and oxygen atoms in total. The number of nitrogens with zero attached hydrogens (tertiary/aromatic N) is 1. The summed E-state index contributed by atoms with van der Waals surface area (Å²) in [4.78, 5) is 2.23. The molecule has 1 aliphatic rings. The van der Waals surface area contributed by atoms with Crippen molar-refractivity contribution in [3.8, 4) is 5.75 Å². The fourth-order valence-electron chi connectivity index (χ4n) is 3.17. The summed E-state index contributed by atoms with van der Waals surface area (Å²) in [6.45, 7) is 1.59. The van der Waals surface area contributed by atoms with Crippen LogP contribution in [-0.2, 0) is 13.0 Å². The molecule has 0 atom stereocenters. The average Bonchev–Trinajstić information content (AvgIpc) is 2.62. The Balaban J connectivity index is 1.66. The SMILES string of the molecule is OCCc1ccc(N2COc3ccc4ccccc4c3C2)cc1. The molecule has 0 spiro atoms. The summed E-state index contributed by atoms with van der Waals surface area (Å²) < 4.78 is 5.96. The summed E-state index contributed by atoms with van der Waals surface area (Å²) in [5.74, 6) is 0.983. The lowest BCUT2D eigenvalue weighted by atomic mass is 10.0. The van der Waals surface area contributed by atoms with Crippen LogP contribution in [-0.4, -0.2) is 18.4 Å². The second-order valence-electron chi connectivity index (χ2n) is 5.87. The number of anilines is 1. The first-order valence-electron chi connectivity index (χ1n) is 7.93. The minimum absolute atomic E-state index is 0.186. The smallest absolute Gasteiger partial charge is 0.161 e. The molecule has 116 valence electrons. The van der Waals surface area contributed by atoms with Crippen molar-refractivity contribution in [3.05, 3.63) is 71.8 Å². The van der Waals surface area contributed by atoms with Crippen LogP contribution < -0.4 is 9.64 Å². The van der Waals surface area contributed by atoms with Gasteiger partial charge in [-0.05, 0) is 41.0 Å². The zero-order valence-electron chi connectivity index (χ0n) is 12.9. The predicted octanol–water partition coefficient (Wildman–Crippen LogP) is 3.73. The summed E-state index contributed by atoms with van der Waals surface area (Å²) >= 11 is 0. The molecule has 0 saturated carbocycles. The van der Waals surface area contributed by atoms with E-state index in [0.29, 0.717) is 13.2 Å². The van der Waals surface area contributed by atoms with Crippen LogP contribution in [0.3, 0.4) is 0 Å². The Hall–Kier alpha value is -2.52. The van der Waals surface area contributed by atoms with Crippen LogP contribution >= 0.6 is 0 Å². The van der Waals surface area contributed by atoms with Gasteiger partial charge in [-0.2, -0.15) is 0 Å². The predicted molar refractivity (Wildman–Crippen MR) is 92.9 cm³/mol. The lowest BCUT2D eigenvalue weighted by molar-refractivity contribution is 0.290. The van der Waals surface area contributed by atoms with E-state index in [9.17, 15) is 0 Å². The number of aliphatic hydroxyl groups excluding tert-OH is 1. The highest BCUT2D eigenvalue weighted by Crippen LogP contribution is 2.33. The fourth-order valence-corrected chi connectivity index (χ4v) is 3.17. The maximum atomic E-state index is 9.02. The van der Waals surface area contributed by atoms with Crippen LogP contribution in [0, 0.1) is 0 Å². The number of hydrogen-bond acceptors (Lipinski definition) is 3. The van der Waals surface area contributed by atoms with Crippen molar-refractivity contribution < 1.29 is 9.84 Å². The van der Waals surface area contributed by atoms with E-state index >= 15 is 0 Å². The van der Waals surface area contributed by atoms with Crippen molar-refractivity contribution in [2.75, 3.05) is 18.2 Å². The molecular formula is C20H19NO2. The van der Waals surface area contributed by atoms with E-state index < -0.39 is 0 Å². The van der Waals surface area contributed by atoms with E-state index in [2.05, 4.69) is 65.6 Å². The molecule has 3 aromatic rings. The third-order valence-electron chi connectivity index (χ3n) is 4.42. The number of aliphatic hydroxyl groups is 1. The topological polar surface area (TPSA) is 32.7 Å². The van der Waals surface area contributed by atoms with E-state index in [-0.39, 0.29) is 6.61 Å². The van der Waals surface area contributed by atoms with Crippen molar-refractivity contribution in [2.45, 2.75) is 13.0 Å². The van der Waals surface area contributed by atoms with E-state index in [1.54, 1.807) is 0 Å². The quantitative estimate of drug-likeness (QED) is 0.800. The normalized spacial score (nSPS) is 13.7. The Kier molecular flexibility index (Phi) is 3.64. The molecule has 0 radical (unpaired) electrons. The average molecular weight is 305 g/mol. The zero-order valence-corrected chi connectivity index (χ0v) is 12.9. The number of benzene rings is 3. The molecule has 23 heavy (non-hydrogen) atoms. The van der Waals surface area contributed by atoms with E-state index in [1.165, 1.54) is 16.3 Å². The van der Waals surface area contributed by atoms with E-state index in [4.69, 9.17) is 9.84 Å². The fraction of sp³-hybridized carbons (Fsp3) is 0.200. The second kappa shape index (κ2) is 5.94. The molecule has 3 aromatic carbocycles. The van der Waals surface area contributed by atoms with Gasteiger partial charge in [-0.15, -0.1) is 0 Å². The maximum absolute atomic E-state index is 9.02. The van der Waals surface area contributed by atoms with Crippen LogP contribution in [0.15, 0.2) is 60.7 Å². The molecule has 0 unspecified atom stereocenters. The van der Waals surface area contributed by atoms with Crippen molar-refractivity contribution in [1.82, 2.24) is 0 Å². The Bertz CT molecular complexity index is 827. The van der Waals surface area contributed by atoms with Gasteiger partial charge in [0.25, 0.3) is 0 Å². The van der Waals surface area contributed by atoms with Crippen molar-refractivity contribution in [2.24, 2.45) is 0 Å². The summed E-state index contributed by atoms with van der Waals surface area (Å²) in [7, 11) is 0. The van der Waals surface area contributed by atoms with E-state index in [1.807, 2.05) is 0 Å². The lowest BCUT2D eigenvalue weighted by Crippen LogP contribution is -2.31. The molecule has 1 N–H and O–H groups in total. The summed E-state index contributed by atoms with van der Waals surface area (Å²) in [6.07, 6.45) is 0.699. The van der Waals surface area contributed by atoms with Crippen LogP contribution in [0.1, 0.15) is 11.1 Å². The highest BCUT2D eigenvalue weighted by atomic mass is 16.5. The Labute approximate surface area is 135 Å². The molecule has 0 fully saturated rings. The molecule has 3 heteroatoms. The zero-order chi connectivity index (χ0) is 15.6. The third-order valence-corrected chi connectivity index (χ3v) is 4.42. The first kappa shape index (κ1) is 14.1. The van der Waals surface area contributed by atoms with Gasteiger partial charge in [-0.25, -0.2) is 0 Å². The van der Waals surface area contributed by atoms with Crippen LogP contribution in [0.4, 0.5) is 5.69 Å². The van der Waals surface area contributed by atoms with Gasteiger partial charge < -0.3 is 14.7 Å². The van der Waals surface area contributed by atoms with Gasteiger partial charge in [0.15, 0.2) is 6.73 Å². The van der Waals surface area contributed by atoms with Gasteiger partial charge >= 0.3 is 0 Å². The van der Waals surface area contributed by atoms with Crippen molar-refractivity contribution in [1.29, 1.82) is 0 Å². The monoisotopic (exact) mass is 305 g/mol. The van der Waals surface area contributed by atoms with E-state index in [0.717, 1.165) is 23.5 Å². The summed E-state index contributed by atoms with van der Waals surface area (Å²) in [6, 6.07) is 21.0. The molecule has 1 aliphatic heterocycles. The maximum Gasteiger partial charge on any atom is 0.161 e. The van der Waals surface area contributed by atoms with Gasteiger partial charge in [0, 0.05) is 17.9 Å². The Morgan fingerprint density at radius 2 is 1.78 bits per heavy atom. The van der Waals surface area contributed by atoms with Crippen LogP contribution in [0.25, 0.3) is 10.8 Å². The molecular weight excluding hydrogens is 286 g/mol. The van der Waals surface area contributed by atoms with Crippen LogP contribution in [0.2, 0.25) is 0 Å². The number of rotatable bonds is 3. The molecule has 0 amide bonds. The van der Waals surface area contributed by atoms with Gasteiger partial charge in [0.05, 0.1) is 6.54 Å². The molecule has 0 aromatic heterocycles. The third kappa shape index (κ3) is 2.64. The summed E-state index contributed by atoms with van der Waals surface area (Å²) in [5, 5.41) is 11.5. The van der Waals surface area contributed by atoms with Gasteiger partial charge in [-0.1, -0.05) is 42.5 Å². The molecule has 0 saturated heterocycles. The summed E-state index contributed by atoms with van der Waals surface area (Å²) in [5.41, 5.74) is 3.54. The minimum atomic E-state index is 0.186. The Morgan fingerprint density at radius 1 is 0.957 bits per heavy atom. The molecule has 1 heterocycles. The first-order valence-corrected chi connectivity index (χ1v) is 7.93. The van der Waals surface area contributed by atoms with Gasteiger partial charge in [0.1, 0.15) is 5.75 Å². The standard InChI is InChI=1S/C20H19NO2/c22-12-11-15-5-8-17(9-6-15)21-13-19-18-4-2-1-3-16(18)7-10-20(19)23-14-21/h1-10,22H,11-14H2. The van der Waals surface area contributed by atoms with Gasteiger partial charge in [0.2, 0.25) is 0 Å². The lowest BCUT2D eigenvalue weighted by Gasteiger charge is -2.31. The molecule has 4 rings (SSSR count). The largest absolute Gasteiger partial charge is 0.473 e. The Morgan fingerprint density at radius 3 is 2.61 bits per heavy atom. The van der Waals surface area contributed by atoms with Crippen molar-refractivity contribution >= 4 is 16.5 Å². The molecule has 0 bridgehead atoms. The van der Waals surface area contributed by atoms with Gasteiger partial charge in [-0.3, -0.25) is 0 Å². The number of fused-ring (bicyclic) bond motifs is 3. The van der Waals surface area contributed by atoms with Crippen LogP contribution in [0.5, 0.6) is 5.75 Å². The first-order chi connectivity index (χ1) is 11.3. The highest BCUT2D eigenvalue weighted by Gasteiger charge is 2.19. The number of hydrogen-bond donors (Lipinski definition) is 1. The highest BCUT2D eigenvalue weighted by molar-refractivity contribution is 5.88. The minimum Gasteiger partial charge on any atom is -0.473 e. The van der Waals surface area contributed by atoms with Crippen molar-refractivity contribution in [3.63, 3.8) is 0 Å². The molecule has 0 aliphatic carbocycles.